The van der Waals surface area contributed by atoms with Gasteiger partial charge in [0.1, 0.15) is 13.2 Å². The monoisotopic (exact) mass is 793 g/mol. The van der Waals surface area contributed by atoms with Crippen molar-refractivity contribution in [1.29, 1.82) is 0 Å². The Labute approximate surface area is 348 Å². The molecule has 0 heterocycles. The fourth-order valence-electron chi connectivity index (χ4n) is 7.51. The molecule has 0 rings (SSSR count). The van der Waals surface area contributed by atoms with E-state index < -0.39 is 6.10 Å². The van der Waals surface area contributed by atoms with E-state index in [-0.39, 0.29) is 31.1 Å². The second kappa shape index (κ2) is 44.5. The van der Waals surface area contributed by atoms with Gasteiger partial charge in [-0.3, -0.25) is 14.4 Å². The predicted molar refractivity (Wildman–Crippen MR) is 238 cm³/mol. The average molecular weight is 793 g/mol. The topological polar surface area (TPSA) is 78.9 Å². The zero-order chi connectivity index (χ0) is 41.0. The molecule has 0 aromatic rings. The summed E-state index contributed by atoms with van der Waals surface area (Å²) in [6.07, 6.45) is 45.1. The predicted octanol–water partition coefficient (Wildman–Crippen LogP) is 15.9. The van der Waals surface area contributed by atoms with Crippen LogP contribution >= 0.6 is 0 Å². The largest absolute Gasteiger partial charge is 0.462 e. The summed E-state index contributed by atoms with van der Waals surface area (Å²) in [6.45, 7) is 9.01. The molecule has 1 atom stereocenters. The van der Waals surface area contributed by atoms with Crippen LogP contribution in [0.2, 0.25) is 0 Å². The van der Waals surface area contributed by atoms with Gasteiger partial charge in [0.2, 0.25) is 0 Å². The van der Waals surface area contributed by atoms with E-state index in [2.05, 4.69) is 27.7 Å². The quantitative estimate of drug-likeness (QED) is 0.0347. The van der Waals surface area contributed by atoms with Gasteiger partial charge in [0.25, 0.3) is 0 Å². The second-order valence-corrected chi connectivity index (χ2v) is 17.6. The molecule has 0 aliphatic heterocycles. The van der Waals surface area contributed by atoms with Gasteiger partial charge in [-0.05, 0) is 25.2 Å². The maximum Gasteiger partial charge on any atom is 0.306 e. The SMILES string of the molecule is CCCCCCCCCCCCCCCC(=O)O[C@@H](COC(=O)CCCCCCCCCCC)COC(=O)CCCCCCCCCCCCCCCC(C)C. The number of esters is 3. The van der Waals surface area contributed by atoms with Gasteiger partial charge >= 0.3 is 17.9 Å². The first-order valence-corrected chi connectivity index (χ1v) is 24.9. The minimum atomic E-state index is -0.759. The fourth-order valence-corrected chi connectivity index (χ4v) is 7.51. The molecular weight excluding hydrogens is 697 g/mol. The third-order valence-electron chi connectivity index (χ3n) is 11.3. The second-order valence-electron chi connectivity index (χ2n) is 17.6. The smallest absolute Gasteiger partial charge is 0.306 e. The minimum absolute atomic E-state index is 0.0631. The van der Waals surface area contributed by atoms with E-state index in [1.807, 2.05) is 0 Å². The van der Waals surface area contributed by atoms with Gasteiger partial charge in [0.15, 0.2) is 6.10 Å². The van der Waals surface area contributed by atoms with E-state index in [9.17, 15) is 14.4 Å². The van der Waals surface area contributed by atoms with Crippen LogP contribution in [0.1, 0.15) is 278 Å². The molecule has 0 bridgehead atoms. The van der Waals surface area contributed by atoms with E-state index in [1.54, 1.807) is 0 Å². The zero-order valence-electron chi connectivity index (χ0n) is 38.1. The van der Waals surface area contributed by atoms with E-state index >= 15 is 0 Å². The molecule has 56 heavy (non-hydrogen) atoms. The highest BCUT2D eigenvalue weighted by atomic mass is 16.6. The molecule has 6 heteroatoms. The summed E-state index contributed by atoms with van der Waals surface area (Å²) in [6, 6.07) is 0. The number of hydrogen-bond acceptors (Lipinski definition) is 6. The van der Waals surface area contributed by atoms with Crippen molar-refractivity contribution in [3.63, 3.8) is 0 Å². The van der Waals surface area contributed by atoms with Crippen LogP contribution < -0.4 is 0 Å². The lowest BCUT2D eigenvalue weighted by molar-refractivity contribution is -0.167. The van der Waals surface area contributed by atoms with E-state index in [0.29, 0.717) is 19.3 Å². The Hall–Kier alpha value is -1.59. The molecule has 0 aliphatic carbocycles. The highest BCUT2D eigenvalue weighted by Gasteiger charge is 2.19. The Morgan fingerprint density at radius 2 is 0.589 bits per heavy atom. The number of unbranched alkanes of at least 4 members (excludes halogenated alkanes) is 32. The van der Waals surface area contributed by atoms with Crippen molar-refractivity contribution in [2.75, 3.05) is 13.2 Å². The summed E-state index contributed by atoms with van der Waals surface area (Å²) in [5.41, 5.74) is 0. The summed E-state index contributed by atoms with van der Waals surface area (Å²) in [5.74, 6) is -0.00963. The van der Waals surface area contributed by atoms with Crippen LogP contribution in [0.3, 0.4) is 0 Å². The zero-order valence-corrected chi connectivity index (χ0v) is 38.1. The average Bonchev–Trinajstić information content (AvgIpc) is 3.18. The molecule has 0 amide bonds. The van der Waals surface area contributed by atoms with Gasteiger partial charge in [-0.15, -0.1) is 0 Å². The molecule has 0 saturated carbocycles. The summed E-state index contributed by atoms with van der Waals surface area (Å²) in [4.78, 5) is 37.8. The first kappa shape index (κ1) is 54.4. The van der Waals surface area contributed by atoms with E-state index in [1.165, 1.54) is 173 Å². The van der Waals surface area contributed by atoms with Crippen molar-refractivity contribution in [3.8, 4) is 0 Å². The molecular formula is C50H96O6. The van der Waals surface area contributed by atoms with Crippen molar-refractivity contribution in [2.24, 2.45) is 5.92 Å². The molecule has 0 saturated heterocycles. The third-order valence-corrected chi connectivity index (χ3v) is 11.3. The van der Waals surface area contributed by atoms with Crippen molar-refractivity contribution < 1.29 is 28.6 Å². The lowest BCUT2D eigenvalue weighted by Crippen LogP contribution is -2.30. The summed E-state index contributed by atoms with van der Waals surface area (Å²) in [5, 5.41) is 0. The number of ether oxygens (including phenoxy) is 3. The lowest BCUT2D eigenvalue weighted by atomic mass is 10.0. The molecule has 0 fully saturated rings. The van der Waals surface area contributed by atoms with Gasteiger partial charge in [0, 0.05) is 19.3 Å². The van der Waals surface area contributed by atoms with Gasteiger partial charge < -0.3 is 14.2 Å². The van der Waals surface area contributed by atoms with Gasteiger partial charge in [-0.25, -0.2) is 0 Å². The Kier molecular flexibility index (Phi) is 43.2. The molecule has 0 aliphatic rings. The maximum atomic E-state index is 12.7. The summed E-state index contributed by atoms with van der Waals surface area (Å²) < 4.78 is 16.8. The summed E-state index contributed by atoms with van der Waals surface area (Å²) in [7, 11) is 0. The summed E-state index contributed by atoms with van der Waals surface area (Å²) >= 11 is 0. The van der Waals surface area contributed by atoms with Crippen LogP contribution in [0.5, 0.6) is 0 Å². The first-order valence-electron chi connectivity index (χ1n) is 24.9. The van der Waals surface area contributed by atoms with Crippen LogP contribution in [-0.4, -0.2) is 37.2 Å². The third kappa shape index (κ3) is 43.5. The van der Waals surface area contributed by atoms with Gasteiger partial charge in [-0.1, -0.05) is 240 Å². The Bertz CT molecular complexity index is 841. The molecule has 0 spiro atoms. The van der Waals surface area contributed by atoms with Crippen molar-refractivity contribution in [3.05, 3.63) is 0 Å². The highest BCUT2D eigenvalue weighted by molar-refractivity contribution is 5.71. The van der Waals surface area contributed by atoms with Gasteiger partial charge in [0.05, 0.1) is 0 Å². The lowest BCUT2D eigenvalue weighted by Gasteiger charge is -2.18. The van der Waals surface area contributed by atoms with E-state index in [0.717, 1.165) is 63.7 Å². The van der Waals surface area contributed by atoms with Crippen molar-refractivity contribution >= 4 is 17.9 Å². The van der Waals surface area contributed by atoms with Crippen LogP contribution in [0.25, 0.3) is 0 Å². The van der Waals surface area contributed by atoms with Crippen LogP contribution in [0.4, 0.5) is 0 Å². The normalized spacial score (nSPS) is 11.9. The first-order chi connectivity index (χ1) is 27.4. The molecule has 0 aromatic heterocycles. The molecule has 0 N–H and O–H groups in total. The Morgan fingerprint density at radius 1 is 0.339 bits per heavy atom. The molecule has 332 valence electrons. The molecule has 6 nitrogen and oxygen atoms in total. The maximum absolute atomic E-state index is 12.7. The van der Waals surface area contributed by atoms with Crippen LogP contribution in [0.15, 0.2) is 0 Å². The number of carbonyl (C=O) groups excluding carboxylic acids is 3. The standard InChI is InChI=1S/C50H96O6/c1-5-7-9-11-13-15-16-18-23-27-31-35-39-43-50(53)56-47(44-54-48(51)41-37-33-29-24-14-12-10-8-6-2)45-55-49(52)42-38-34-30-26-22-20-17-19-21-25-28-32-36-40-46(3)4/h46-47H,5-45H2,1-4H3/t47-/m0/s1. The Morgan fingerprint density at radius 3 is 0.875 bits per heavy atom. The van der Waals surface area contributed by atoms with Crippen LogP contribution in [-0.2, 0) is 28.6 Å². The van der Waals surface area contributed by atoms with Crippen LogP contribution in [0, 0.1) is 5.92 Å². The molecule has 0 aromatic carbocycles. The van der Waals surface area contributed by atoms with Crippen molar-refractivity contribution in [1.82, 2.24) is 0 Å². The van der Waals surface area contributed by atoms with Crippen molar-refractivity contribution in [2.45, 2.75) is 284 Å². The van der Waals surface area contributed by atoms with Gasteiger partial charge in [-0.2, -0.15) is 0 Å². The number of rotatable bonds is 45. The highest BCUT2D eigenvalue weighted by Crippen LogP contribution is 2.17. The van der Waals surface area contributed by atoms with E-state index in [4.69, 9.17) is 14.2 Å². The number of carbonyl (C=O) groups is 3. The minimum Gasteiger partial charge on any atom is -0.462 e. The fraction of sp³-hybridized carbons (Fsp3) is 0.940. The molecule has 0 radical (unpaired) electrons. The number of hydrogen-bond donors (Lipinski definition) is 0. The molecule has 0 unspecified atom stereocenters. The Balaban J connectivity index is 4.27.